The molecule has 0 saturated carbocycles. The first kappa shape index (κ1) is 13.3. The fraction of sp³-hybridized carbons (Fsp3) is 1.00. The fourth-order valence-electron chi connectivity index (χ4n) is 2.39. The van der Waals surface area contributed by atoms with E-state index in [0.717, 1.165) is 0 Å². The van der Waals surface area contributed by atoms with Crippen LogP contribution in [0, 0.1) is 0 Å². The lowest BCUT2D eigenvalue weighted by atomic mass is 9.80. The van der Waals surface area contributed by atoms with Crippen molar-refractivity contribution in [3.63, 3.8) is 0 Å². The van der Waals surface area contributed by atoms with Crippen molar-refractivity contribution in [2.75, 3.05) is 0 Å². The van der Waals surface area contributed by atoms with Crippen LogP contribution in [0.15, 0.2) is 0 Å². The van der Waals surface area contributed by atoms with E-state index in [-0.39, 0.29) is 6.10 Å². The lowest BCUT2D eigenvalue weighted by Gasteiger charge is -2.51. The highest BCUT2D eigenvalue weighted by atomic mass is 31.2. The van der Waals surface area contributed by atoms with E-state index in [4.69, 9.17) is 14.3 Å². The largest absolute Gasteiger partial charge is 0.328 e. The molecule has 0 bridgehead atoms. The molecule has 0 unspecified atom stereocenters. The zero-order chi connectivity index (χ0) is 11.9. The molecule has 3 N–H and O–H groups in total. The summed E-state index contributed by atoms with van der Waals surface area (Å²) in [5.41, 5.74) is -0.838. The quantitative estimate of drug-likeness (QED) is 0.636. The molecule has 1 aliphatic heterocycles. The van der Waals surface area contributed by atoms with Crippen molar-refractivity contribution in [1.29, 1.82) is 0 Å². The van der Waals surface area contributed by atoms with Gasteiger partial charge in [-0.05, 0) is 40.5 Å². The van der Waals surface area contributed by atoms with Crippen molar-refractivity contribution in [3.8, 4) is 0 Å². The molecule has 0 aromatic rings. The van der Waals surface area contributed by atoms with Crippen LogP contribution in [-0.4, -0.2) is 37.2 Å². The maximum absolute atomic E-state index is 9.97. The monoisotopic (exact) mass is 237 g/mol. The summed E-state index contributed by atoms with van der Waals surface area (Å²) in [6, 6.07) is 0. The third-order valence-corrected chi connectivity index (χ3v) is 3.33. The molecule has 0 atom stereocenters. The van der Waals surface area contributed by atoms with Crippen molar-refractivity contribution in [2.45, 2.75) is 57.7 Å². The van der Waals surface area contributed by atoms with Gasteiger partial charge in [-0.2, -0.15) is 5.06 Å². The van der Waals surface area contributed by atoms with E-state index >= 15 is 0 Å². The Labute approximate surface area is 91.6 Å². The summed E-state index contributed by atoms with van der Waals surface area (Å²) in [4.78, 5) is 17.7. The molecule has 1 aliphatic rings. The molecular formula is C9H20NO4P. The van der Waals surface area contributed by atoms with Crippen molar-refractivity contribution < 1.29 is 19.5 Å². The predicted molar refractivity (Wildman–Crippen MR) is 57.2 cm³/mol. The van der Waals surface area contributed by atoms with E-state index in [9.17, 15) is 5.21 Å². The average Bonchev–Trinajstić information content (AvgIpc) is 1.97. The van der Waals surface area contributed by atoms with E-state index in [1.807, 2.05) is 27.7 Å². The Morgan fingerprint density at radius 1 is 1.13 bits per heavy atom. The Morgan fingerprint density at radius 2 is 1.53 bits per heavy atom. The minimum atomic E-state index is -2.32. The minimum absolute atomic E-state index is 0.223. The molecule has 1 rings (SSSR count). The lowest BCUT2D eigenvalue weighted by Crippen LogP contribution is -2.60. The van der Waals surface area contributed by atoms with Crippen LogP contribution in [0.4, 0.5) is 0 Å². The van der Waals surface area contributed by atoms with E-state index < -0.39 is 19.7 Å². The van der Waals surface area contributed by atoms with E-state index in [2.05, 4.69) is 0 Å². The van der Waals surface area contributed by atoms with Gasteiger partial charge in [-0.25, -0.2) is 0 Å². The molecule has 6 heteroatoms. The number of nitrogens with zero attached hydrogens (tertiary/aromatic N) is 1. The van der Waals surface area contributed by atoms with Crippen molar-refractivity contribution in [1.82, 2.24) is 5.06 Å². The molecule has 0 radical (unpaired) electrons. The summed E-state index contributed by atoms with van der Waals surface area (Å²) >= 11 is 0. The van der Waals surface area contributed by atoms with Gasteiger partial charge in [-0.3, -0.25) is 0 Å². The number of piperidine rings is 1. The van der Waals surface area contributed by atoms with Crippen LogP contribution < -0.4 is 0 Å². The number of hydrogen-bond acceptors (Lipinski definition) is 5. The van der Waals surface area contributed by atoms with Crippen molar-refractivity contribution in [3.05, 3.63) is 0 Å². The Kier molecular flexibility index (Phi) is 3.76. The Morgan fingerprint density at radius 3 is 1.87 bits per heavy atom. The summed E-state index contributed by atoms with van der Waals surface area (Å²) in [6.07, 6.45) is 0.930. The normalized spacial score (nSPS) is 27.2. The third-order valence-electron chi connectivity index (χ3n) is 2.84. The van der Waals surface area contributed by atoms with Gasteiger partial charge in [0.25, 0.3) is 0 Å². The first-order valence-corrected chi connectivity index (χ1v) is 6.15. The first-order chi connectivity index (χ1) is 6.65. The first-order valence-electron chi connectivity index (χ1n) is 4.99. The summed E-state index contributed by atoms with van der Waals surface area (Å²) in [7, 11) is -2.32. The standard InChI is InChI=1S/C9H20NO4P/c1-8(2)5-7(14-15(12)13)6-9(3,4)10(8)11/h7,11-13H,5-6H2,1-4H3. The predicted octanol–water partition coefficient (Wildman–Crippen LogP) is 1.63. The zero-order valence-electron chi connectivity index (χ0n) is 9.64. The molecule has 1 heterocycles. The summed E-state index contributed by atoms with van der Waals surface area (Å²) in [5.74, 6) is 0. The molecule has 15 heavy (non-hydrogen) atoms. The molecule has 0 spiro atoms. The van der Waals surface area contributed by atoms with Gasteiger partial charge in [0, 0.05) is 11.1 Å². The summed E-state index contributed by atoms with van der Waals surface area (Å²) < 4.78 is 5.05. The van der Waals surface area contributed by atoms with Crippen LogP contribution in [0.25, 0.3) is 0 Å². The fourth-order valence-corrected chi connectivity index (χ4v) is 2.80. The Hall–Kier alpha value is 0.230. The van der Waals surface area contributed by atoms with E-state index in [0.29, 0.717) is 12.8 Å². The van der Waals surface area contributed by atoms with Gasteiger partial charge in [0.1, 0.15) is 0 Å². The van der Waals surface area contributed by atoms with Gasteiger partial charge in [-0.1, -0.05) is 0 Å². The molecule has 1 fully saturated rings. The van der Waals surface area contributed by atoms with Gasteiger partial charge in [0.05, 0.1) is 6.10 Å². The highest BCUT2D eigenvalue weighted by molar-refractivity contribution is 7.39. The molecule has 0 amide bonds. The zero-order valence-corrected chi connectivity index (χ0v) is 10.5. The Bertz CT molecular complexity index is 214. The van der Waals surface area contributed by atoms with Crippen molar-refractivity contribution in [2.24, 2.45) is 0 Å². The molecule has 0 aromatic heterocycles. The van der Waals surface area contributed by atoms with Gasteiger partial charge >= 0.3 is 8.60 Å². The number of hydroxylamine groups is 2. The second-order valence-corrected chi connectivity index (χ2v) is 6.04. The van der Waals surface area contributed by atoms with Crippen LogP contribution in [0.2, 0.25) is 0 Å². The number of hydrogen-bond donors (Lipinski definition) is 3. The topological polar surface area (TPSA) is 73.2 Å². The Balaban J connectivity index is 2.75. The molecule has 90 valence electrons. The van der Waals surface area contributed by atoms with E-state index in [1.165, 1.54) is 5.06 Å². The van der Waals surface area contributed by atoms with Crippen LogP contribution in [-0.2, 0) is 4.52 Å². The number of rotatable bonds is 2. The molecule has 1 saturated heterocycles. The SMILES string of the molecule is CC1(C)CC(OP(O)O)CC(C)(C)N1O. The smallest absolute Gasteiger partial charge is 0.327 e. The highest BCUT2D eigenvalue weighted by Crippen LogP contribution is 2.41. The van der Waals surface area contributed by atoms with Crippen molar-refractivity contribution >= 4 is 8.60 Å². The van der Waals surface area contributed by atoms with Crippen LogP contribution in [0.5, 0.6) is 0 Å². The van der Waals surface area contributed by atoms with Gasteiger partial charge in [-0.15, -0.1) is 0 Å². The molecule has 0 aliphatic carbocycles. The van der Waals surface area contributed by atoms with Gasteiger partial charge in [0.15, 0.2) is 0 Å². The summed E-state index contributed by atoms with van der Waals surface area (Å²) in [6.45, 7) is 7.62. The second kappa shape index (κ2) is 4.24. The van der Waals surface area contributed by atoms with Crippen LogP contribution >= 0.6 is 8.60 Å². The van der Waals surface area contributed by atoms with Gasteiger partial charge < -0.3 is 19.5 Å². The molecule has 0 aromatic carbocycles. The maximum atomic E-state index is 9.97. The van der Waals surface area contributed by atoms with Crippen LogP contribution in [0.3, 0.4) is 0 Å². The maximum Gasteiger partial charge on any atom is 0.327 e. The van der Waals surface area contributed by atoms with Gasteiger partial charge in [0.2, 0.25) is 0 Å². The summed E-state index contributed by atoms with van der Waals surface area (Å²) in [5, 5.41) is 11.3. The lowest BCUT2D eigenvalue weighted by molar-refractivity contribution is -0.255. The molecular weight excluding hydrogens is 217 g/mol. The van der Waals surface area contributed by atoms with E-state index in [1.54, 1.807) is 0 Å². The van der Waals surface area contributed by atoms with Crippen LogP contribution in [0.1, 0.15) is 40.5 Å². The minimum Gasteiger partial charge on any atom is -0.328 e. The highest BCUT2D eigenvalue weighted by Gasteiger charge is 2.45. The molecule has 5 nitrogen and oxygen atoms in total. The second-order valence-electron chi connectivity index (χ2n) is 5.33. The average molecular weight is 237 g/mol. The third kappa shape index (κ3) is 3.09.